The summed E-state index contributed by atoms with van der Waals surface area (Å²) in [6, 6.07) is 1.30. The molecule has 1 aliphatic heterocycles. The molecule has 0 aromatic heterocycles. The average Bonchev–Trinajstić information content (AvgIpc) is 2.65. The number of carbonyl (C=O) groups is 1. The molecule has 2 unspecified atom stereocenters. The topological polar surface area (TPSA) is 41.6 Å². The van der Waals surface area contributed by atoms with Crippen LogP contribution in [0.1, 0.15) is 51.9 Å². The van der Waals surface area contributed by atoms with Gasteiger partial charge in [-0.15, -0.1) is 0 Å². The lowest BCUT2D eigenvalue weighted by Gasteiger charge is -2.34. The van der Waals surface area contributed by atoms with Gasteiger partial charge in [-0.1, -0.05) is 19.8 Å². The Hall–Kier alpha value is -0.610. The van der Waals surface area contributed by atoms with Crippen molar-refractivity contribution in [2.24, 2.45) is 5.92 Å². The molecule has 0 aromatic carbocycles. The molecule has 1 heterocycles. The van der Waals surface area contributed by atoms with Crippen LogP contribution in [0.3, 0.4) is 0 Å². The number of methoxy groups -OCH3 is 1. The molecule has 2 rings (SSSR count). The van der Waals surface area contributed by atoms with Crippen molar-refractivity contribution in [3.05, 3.63) is 0 Å². The Morgan fingerprint density at radius 3 is 2.50 bits per heavy atom. The third kappa shape index (κ3) is 4.74. The molecule has 0 spiro atoms. The van der Waals surface area contributed by atoms with Crippen LogP contribution in [-0.4, -0.2) is 49.7 Å². The van der Waals surface area contributed by atoms with Gasteiger partial charge in [-0.05, 0) is 38.0 Å². The lowest BCUT2D eigenvalue weighted by atomic mass is 10.0. The highest BCUT2D eigenvalue weighted by atomic mass is 16.5. The van der Waals surface area contributed by atoms with Crippen LogP contribution in [0.4, 0.5) is 0 Å². The second-order valence-corrected chi connectivity index (χ2v) is 6.57. The normalized spacial score (nSPS) is 29.2. The van der Waals surface area contributed by atoms with Crippen LogP contribution in [0.15, 0.2) is 0 Å². The fourth-order valence-electron chi connectivity index (χ4n) is 3.50. The molecule has 1 saturated carbocycles. The van der Waals surface area contributed by atoms with E-state index in [-0.39, 0.29) is 12.5 Å². The molecule has 4 heteroatoms. The number of hydrogen-bond donors (Lipinski definition) is 1. The van der Waals surface area contributed by atoms with Gasteiger partial charge in [0, 0.05) is 32.3 Å². The SMILES string of the molecule is COCC(=O)N1CCC(NC2CCCC(C)CC2)CC1. The van der Waals surface area contributed by atoms with Crippen LogP contribution in [0, 0.1) is 5.92 Å². The summed E-state index contributed by atoms with van der Waals surface area (Å²) >= 11 is 0. The summed E-state index contributed by atoms with van der Waals surface area (Å²) in [6.45, 7) is 4.35. The van der Waals surface area contributed by atoms with E-state index < -0.39 is 0 Å². The van der Waals surface area contributed by atoms with Crippen molar-refractivity contribution >= 4 is 5.91 Å². The molecule has 2 fully saturated rings. The number of piperidine rings is 1. The first-order valence-corrected chi connectivity index (χ1v) is 8.21. The Balaban J connectivity index is 1.70. The molecule has 0 aromatic rings. The van der Waals surface area contributed by atoms with Gasteiger partial charge in [0.05, 0.1) is 0 Å². The van der Waals surface area contributed by atoms with Crippen molar-refractivity contribution < 1.29 is 9.53 Å². The van der Waals surface area contributed by atoms with Crippen LogP contribution >= 0.6 is 0 Å². The van der Waals surface area contributed by atoms with Gasteiger partial charge in [-0.2, -0.15) is 0 Å². The van der Waals surface area contributed by atoms with Gasteiger partial charge in [0.1, 0.15) is 6.61 Å². The second-order valence-electron chi connectivity index (χ2n) is 6.57. The summed E-state index contributed by atoms with van der Waals surface area (Å²) < 4.78 is 4.92. The van der Waals surface area contributed by atoms with E-state index in [1.807, 2.05) is 4.90 Å². The first kappa shape index (κ1) is 15.8. The molecule has 1 saturated heterocycles. The van der Waals surface area contributed by atoms with E-state index >= 15 is 0 Å². The third-order valence-electron chi connectivity index (χ3n) is 4.84. The first-order valence-electron chi connectivity index (χ1n) is 8.21. The van der Waals surface area contributed by atoms with Crippen molar-refractivity contribution in [2.75, 3.05) is 26.8 Å². The van der Waals surface area contributed by atoms with E-state index in [0.717, 1.165) is 31.8 Å². The number of nitrogens with one attached hydrogen (secondary N) is 1. The van der Waals surface area contributed by atoms with Crippen LogP contribution in [-0.2, 0) is 9.53 Å². The number of hydrogen-bond acceptors (Lipinski definition) is 3. The van der Waals surface area contributed by atoms with Gasteiger partial charge in [-0.3, -0.25) is 4.79 Å². The molecule has 0 radical (unpaired) electrons. The molecule has 1 amide bonds. The van der Waals surface area contributed by atoms with E-state index in [0.29, 0.717) is 12.1 Å². The minimum atomic E-state index is 0.134. The highest BCUT2D eigenvalue weighted by Gasteiger charge is 2.25. The summed E-state index contributed by atoms with van der Waals surface area (Å²) in [5, 5.41) is 3.84. The standard InChI is InChI=1S/C16H30N2O2/c1-13-4-3-5-14(7-6-13)17-15-8-10-18(11-9-15)16(19)12-20-2/h13-15,17H,3-12H2,1-2H3. The monoisotopic (exact) mass is 282 g/mol. The van der Waals surface area contributed by atoms with Gasteiger partial charge in [-0.25, -0.2) is 0 Å². The maximum absolute atomic E-state index is 11.8. The van der Waals surface area contributed by atoms with Crippen molar-refractivity contribution in [3.63, 3.8) is 0 Å². The number of likely N-dealkylation sites (tertiary alicyclic amines) is 1. The van der Waals surface area contributed by atoms with Gasteiger partial charge in [0.15, 0.2) is 0 Å². The van der Waals surface area contributed by atoms with Crippen molar-refractivity contribution in [2.45, 2.75) is 64.0 Å². The molecular formula is C16H30N2O2. The average molecular weight is 282 g/mol. The Labute approximate surface area is 123 Å². The number of ether oxygens (including phenoxy) is 1. The van der Waals surface area contributed by atoms with Gasteiger partial charge in [0.2, 0.25) is 5.91 Å². The first-order chi connectivity index (χ1) is 9.69. The molecule has 1 N–H and O–H groups in total. The molecular weight excluding hydrogens is 252 g/mol. The molecule has 20 heavy (non-hydrogen) atoms. The number of rotatable bonds is 4. The molecule has 2 aliphatic rings. The molecule has 0 bridgehead atoms. The molecule has 4 nitrogen and oxygen atoms in total. The smallest absolute Gasteiger partial charge is 0.248 e. The van der Waals surface area contributed by atoms with Gasteiger partial charge >= 0.3 is 0 Å². The fourth-order valence-corrected chi connectivity index (χ4v) is 3.50. The third-order valence-corrected chi connectivity index (χ3v) is 4.84. The minimum Gasteiger partial charge on any atom is -0.375 e. The zero-order valence-corrected chi connectivity index (χ0v) is 13.1. The molecule has 116 valence electrons. The van der Waals surface area contributed by atoms with Crippen molar-refractivity contribution in [3.8, 4) is 0 Å². The zero-order chi connectivity index (χ0) is 14.4. The van der Waals surface area contributed by atoms with E-state index in [2.05, 4.69) is 12.2 Å². The van der Waals surface area contributed by atoms with Gasteiger partial charge in [0.25, 0.3) is 0 Å². The van der Waals surface area contributed by atoms with Crippen LogP contribution < -0.4 is 5.32 Å². The predicted molar refractivity (Wildman–Crippen MR) is 80.7 cm³/mol. The lowest BCUT2D eigenvalue weighted by molar-refractivity contribution is -0.136. The van der Waals surface area contributed by atoms with E-state index in [1.165, 1.54) is 32.1 Å². The molecule has 1 aliphatic carbocycles. The van der Waals surface area contributed by atoms with E-state index in [9.17, 15) is 4.79 Å². The largest absolute Gasteiger partial charge is 0.375 e. The summed E-state index contributed by atoms with van der Waals surface area (Å²) in [7, 11) is 1.58. The maximum Gasteiger partial charge on any atom is 0.248 e. The summed E-state index contributed by atoms with van der Waals surface area (Å²) in [5.41, 5.74) is 0. The quantitative estimate of drug-likeness (QED) is 0.804. The summed E-state index contributed by atoms with van der Waals surface area (Å²) in [6.07, 6.45) is 8.94. The van der Waals surface area contributed by atoms with Crippen molar-refractivity contribution in [1.29, 1.82) is 0 Å². The van der Waals surface area contributed by atoms with E-state index in [1.54, 1.807) is 7.11 Å². The Morgan fingerprint density at radius 2 is 1.80 bits per heavy atom. The molecule has 2 atom stereocenters. The van der Waals surface area contributed by atoms with Crippen LogP contribution in [0.2, 0.25) is 0 Å². The Morgan fingerprint density at radius 1 is 1.10 bits per heavy atom. The maximum atomic E-state index is 11.8. The highest BCUT2D eigenvalue weighted by Crippen LogP contribution is 2.24. The predicted octanol–water partition coefficient (Wildman–Crippen LogP) is 2.18. The summed E-state index contributed by atoms with van der Waals surface area (Å²) in [5.74, 6) is 1.03. The number of nitrogens with zero attached hydrogens (tertiary/aromatic N) is 1. The second kappa shape index (κ2) is 7.99. The minimum absolute atomic E-state index is 0.134. The lowest BCUT2D eigenvalue weighted by Crippen LogP contribution is -2.48. The van der Waals surface area contributed by atoms with Gasteiger partial charge < -0.3 is 15.0 Å². The van der Waals surface area contributed by atoms with Crippen molar-refractivity contribution in [1.82, 2.24) is 10.2 Å². The highest BCUT2D eigenvalue weighted by molar-refractivity contribution is 5.77. The fraction of sp³-hybridized carbons (Fsp3) is 0.938. The Kier molecular flexibility index (Phi) is 6.30. The van der Waals surface area contributed by atoms with Crippen LogP contribution in [0.25, 0.3) is 0 Å². The Bertz CT molecular complexity index is 301. The number of amides is 1. The van der Waals surface area contributed by atoms with Crippen LogP contribution in [0.5, 0.6) is 0 Å². The number of carbonyl (C=O) groups excluding carboxylic acids is 1. The summed E-state index contributed by atoms with van der Waals surface area (Å²) in [4.78, 5) is 13.7. The van der Waals surface area contributed by atoms with E-state index in [4.69, 9.17) is 4.74 Å². The zero-order valence-electron chi connectivity index (χ0n) is 13.1.